The second-order valence-corrected chi connectivity index (χ2v) is 6.59. The molecule has 1 saturated heterocycles. The number of halogens is 1. The highest BCUT2D eigenvalue weighted by atomic mass is 127. The summed E-state index contributed by atoms with van der Waals surface area (Å²) in [5.41, 5.74) is 0.990. The fourth-order valence-corrected chi connectivity index (χ4v) is 2.99. The van der Waals surface area contributed by atoms with Crippen molar-refractivity contribution in [3.63, 3.8) is 0 Å². The molecule has 0 unspecified atom stereocenters. The zero-order chi connectivity index (χ0) is 19.5. The Morgan fingerprint density at radius 2 is 1.96 bits per heavy atom. The molecule has 2 rings (SSSR count). The Morgan fingerprint density at radius 1 is 1.21 bits per heavy atom. The predicted octanol–water partition coefficient (Wildman–Crippen LogP) is 3.06. The first kappa shape index (κ1) is 24.1. The summed E-state index contributed by atoms with van der Waals surface area (Å²) < 4.78 is 0. The summed E-state index contributed by atoms with van der Waals surface area (Å²) in [6.45, 7) is 5.56. The van der Waals surface area contributed by atoms with Gasteiger partial charge in [0.1, 0.15) is 0 Å². The summed E-state index contributed by atoms with van der Waals surface area (Å²) in [6, 6.07) is 6.42. The lowest BCUT2D eigenvalue weighted by Gasteiger charge is -2.20. The van der Waals surface area contributed by atoms with Gasteiger partial charge in [0, 0.05) is 44.7 Å². The van der Waals surface area contributed by atoms with E-state index in [1.54, 1.807) is 12.1 Å². The normalized spacial score (nSPS) is 14.8. The molecule has 1 amide bonds. The maximum absolute atomic E-state index is 12.0. The van der Waals surface area contributed by atoms with Crippen LogP contribution in [0.15, 0.2) is 29.3 Å². The molecule has 0 saturated carbocycles. The van der Waals surface area contributed by atoms with Crippen molar-refractivity contribution >= 4 is 41.5 Å². The van der Waals surface area contributed by atoms with Gasteiger partial charge in [-0.3, -0.25) is 14.9 Å². The number of nitro groups is 1. The first-order chi connectivity index (χ1) is 13.1. The van der Waals surface area contributed by atoms with Crippen LogP contribution < -0.4 is 10.6 Å². The molecule has 1 fully saturated rings. The number of non-ortho nitro benzene ring substituents is 1. The van der Waals surface area contributed by atoms with Gasteiger partial charge in [-0.25, -0.2) is 4.99 Å². The lowest BCUT2D eigenvalue weighted by Crippen LogP contribution is -2.39. The highest BCUT2D eigenvalue weighted by molar-refractivity contribution is 14.0. The number of aliphatic imine (C=N–C) groups is 1. The number of likely N-dealkylation sites (tertiary alicyclic amines) is 1. The van der Waals surface area contributed by atoms with Crippen LogP contribution >= 0.6 is 24.0 Å². The number of benzene rings is 1. The molecule has 8 nitrogen and oxygen atoms in total. The molecule has 1 aromatic carbocycles. The Kier molecular flexibility index (Phi) is 11.5. The van der Waals surface area contributed by atoms with Gasteiger partial charge in [0.25, 0.3) is 5.69 Å². The fraction of sp³-hybridized carbons (Fsp3) is 0.579. The molecule has 0 aromatic heterocycles. The van der Waals surface area contributed by atoms with Crippen LogP contribution in [0.1, 0.15) is 44.6 Å². The van der Waals surface area contributed by atoms with Gasteiger partial charge in [0.15, 0.2) is 5.96 Å². The summed E-state index contributed by atoms with van der Waals surface area (Å²) in [5, 5.41) is 17.2. The number of amides is 1. The van der Waals surface area contributed by atoms with Crippen molar-refractivity contribution in [3.05, 3.63) is 39.9 Å². The minimum absolute atomic E-state index is 0. The molecule has 1 aromatic rings. The number of carbonyl (C=O) groups is 1. The van der Waals surface area contributed by atoms with Gasteiger partial charge in [-0.05, 0) is 31.7 Å². The van der Waals surface area contributed by atoms with E-state index in [2.05, 4.69) is 15.6 Å². The number of nitro benzene ring substituents is 1. The van der Waals surface area contributed by atoms with Crippen molar-refractivity contribution in [1.29, 1.82) is 0 Å². The minimum Gasteiger partial charge on any atom is -0.357 e. The highest BCUT2D eigenvalue weighted by Crippen LogP contribution is 2.13. The molecule has 0 atom stereocenters. The van der Waals surface area contributed by atoms with Crippen LogP contribution in [-0.4, -0.2) is 47.9 Å². The lowest BCUT2D eigenvalue weighted by molar-refractivity contribution is -0.384. The SMILES string of the molecule is CCNC(=NCc1ccc([N+](=O)[O-])cc1)NCCCN1CCCCCC1=O.I. The van der Waals surface area contributed by atoms with Gasteiger partial charge in [-0.2, -0.15) is 0 Å². The number of nitrogens with one attached hydrogen (secondary N) is 2. The Hall–Kier alpha value is -1.91. The third-order valence-corrected chi connectivity index (χ3v) is 4.48. The zero-order valence-electron chi connectivity index (χ0n) is 16.4. The van der Waals surface area contributed by atoms with Gasteiger partial charge in [0.05, 0.1) is 11.5 Å². The lowest BCUT2D eigenvalue weighted by atomic mass is 10.2. The van der Waals surface area contributed by atoms with Crippen molar-refractivity contribution in [2.45, 2.75) is 45.6 Å². The average Bonchev–Trinajstić information content (AvgIpc) is 2.87. The largest absolute Gasteiger partial charge is 0.357 e. The Morgan fingerprint density at radius 3 is 2.64 bits per heavy atom. The van der Waals surface area contributed by atoms with Crippen LogP contribution in [0.2, 0.25) is 0 Å². The Balaban J connectivity index is 0.00000392. The number of nitrogens with zero attached hydrogens (tertiary/aromatic N) is 3. The summed E-state index contributed by atoms with van der Waals surface area (Å²) >= 11 is 0. The predicted molar refractivity (Wildman–Crippen MR) is 121 cm³/mol. The molecular weight excluding hydrogens is 473 g/mol. The number of hydrogen-bond acceptors (Lipinski definition) is 4. The van der Waals surface area contributed by atoms with Crippen molar-refractivity contribution in [2.24, 2.45) is 4.99 Å². The molecule has 2 N–H and O–H groups in total. The number of hydrogen-bond donors (Lipinski definition) is 2. The maximum Gasteiger partial charge on any atom is 0.269 e. The van der Waals surface area contributed by atoms with Crippen molar-refractivity contribution < 1.29 is 9.72 Å². The molecule has 1 aliphatic rings. The van der Waals surface area contributed by atoms with Gasteiger partial charge in [-0.1, -0.05) is 18.6 Å². The molecular formula is C19H30IN5O3. The van der Waals surface area contributed by atoms with E-state index in [1.807, 2.05) is 11.8 Å². The highest BCUT2D eigenvalue weighted by Gasteiger charge is 2.15. The first-order valence-electron chi connectivity index (χ1n) is 9.63. The molecule has 1 aliphatic heterocycles. The van der Waals surface area contributed by atoms with Gasteiger partial charge < -0.3 is 15.5 Å². The third-order valence-electron chi connectivity index (χ3n) is 4.48. The van der Waals surface area contributed by atoms with E-state index in [9.17, 15) is 14.9 Å². The van der Waals surface area contributed by atoms with Gasteiger partial charge >= 0.3 is 0 Å². The maximum atomic E-state index is 12.0. The molecule has 156 valence electrons. The summed E-state index contributed by atoms with van der Waals surface area (Å²) in [6.07, 6.45) is 4.78. The van der Waals surface area contributed by atoms with Crippen LogP contribution in [0.5, 0.6) is 0 Å². The second-order valence-electron chi connectivity index (χ2n) is 6.59. The van der Waals surface area contributed by atoms with Crippen LogP contribution in [0, 0.1) is 10.1 Å². The second kappa shape index (κ2) is 13.3. The monoisotopic (exact) mass is 503 g/mol. The number of carbonyl (C=O) groups excluding carboxylic acids is 1. The molecule has 0 bridgehead atoms. The van der Waals surface area contributed by atoms with E-state index < -0.39 is 4.92 Å². The average molecular weight is 503 g/mol. The Labute approximate surface area is 183 Å². The molecule has 9 heteroatoms. The molecule has 1 heterocycles. The number of rotatable bonds is 8. The number of guanidine groups is 1. The van der Waals surface area contributed by atoms with E-state index in [0.717, 1.165) is 57.4 Å². The van der Waals surface area contributed by atoms with Crippen molar-refractivity contribution in [2.75, 3.05) is 26.2 Å². The van der Waals surface area contributed by atoms with E-state index in [1.165, 1.54) is 12.1 Å². The van der Waals surface area contributed by atoms with E-state index in [0.29, 0.717) is 18.9 Å². The molecule has 0 radical (unpaired) electrons. The van der Waals surface area contributed by atoms with Crippen molar-refractivity contribution in [3.8, 4) is 0 Å². The summed E-state index contributed by atoms with van der Waals surface area (Å²) in [5.74, 6) is 0.976. The van der Waals surface area contributed by atoms with Gasteiger partial charge in [-0.15, -0.1) is 24.0 Å². The van der Waals surface area contributed by atoms with Crippen molar-refractivity contribution in [1.82, 2.24) is 15.5 Å². The topological polar surface area (TPSA) is 99.9 Å². The van der Waals surface area contributed by atoms with Crippen LogP contribution in [0.3, 0.4) is 0 Å². The molecule has 28 heavy (non-hydrogen) atoms. The van der Waals surface area contributed by atoms with E-state index >= 15 is 0 Å². The zero-order valence-corrected chi connectivity index (χ0v) is 18.7. The van der Waals surface area contributed by atoms with Gasteiger partial charge in [0.2, 0.25) is 5.91 Å². The molecule has 0 aliphatic carbocycles. The van der Waals surface area contributed by atoms with Crippen LogP contribution in [-0.2, 0) is 11.3 Å². The summed E-state index contributed by atoms with van der Waals surface area (Å²) in [4.78, 5) is 28.8. The smallest absolute Gasteiger partial charge is 0.269 e. The quantitative estimate of drug-likeness (QED) is 0.142. The fourth-order valence-electron chi connectivity index (χ4n) is 2.99. The standard InChI is InChI=1S/C19H29N5O3.HI/c1-2-20-19(22-15-16-8-10-17(11-9-16)24(26)27)21-12-6-14-23-13-5-3-4-7-18(23)25;/h8-11H,2-7,12-15H2,1H3,(H2,20,21,22);1H. The van der Waals surface area contributed by atoms with Crippen LogP contribution in [0.25, 0.3) is 0 Å². The first-order valence-corrected chi connectivity index (χ1v) is 9.63. The van der Waals surface area contributed by atoms with Crippen LogP contribution in [0.4, 0.5) is 5.69 Å². The third kappa shape index (κ3) is 8.41. The van der Waals surface area contributed by atoms with E-state index in [4.69, 9.17) is 0 Å². The summed E-state index contributed by atoms with van der Waals surface area (Å²) in [7, 11) is 0. The van der Waals surface area contributed by atoms with E-state index in [-0.39, 0.29) is 35.6 Å². The molecule has 0 spiro atoms. The Bertz CT molecular complexity index is 651. The minimum atomic E-state index is -0.409.